The predicted octanol–water partition coefficient (Wildman–Crippen LogP) is 3.82. The van der Waals surface area contributed by atoms with Gasteiger partial charge in [-0.05, 0) is 23.6 Å². The largest absolute Gasteiger partial charge is 0.416 e. The summed E-state index contributed by atoms with van der Waals surface area (Å²) in [5.74, 6) is 0.570. The highest BCUT2D eigenvalue weighted by molar-refractivity contribution is 5.31. The molecule has 0 amide bonds. The van der Waals surface area contributed by atoms with E-state index in [0.29, 0.717) is 37.7 Å². The molecule has 39 heavy (non-hydrogen) atoms. The van der Waals surface area contributed by atoms with Crippen LogP contribution in [0.1, 0.15) is 28.8 Å². The van der Waals surface area contributed by atoms with Crippen LogP contribution in [0, 0.1) is 0 Å². The van der Waals surface area contributed by atoms with Crippen molar-refractivity contribution in [3.05, 3.63) is 93.4 Å². The third-order valence-corrected chi connectivity index (χ3v) is 7.43. The number of H-pyrrole nitrogens is 1. The van der Waals surface area contributed by atoms with Crippen LogP contribution >= 0.6 is 0 Å². The Bertz CT molecular complexity index is 1270. The fourth-order valence-corrected chi connectivity index (χ4v) is 5.35. The average molecular weight is 541 g/mol. The van der Waals surface area contributed by atoms with E-state index in [1.165, 1.54) is 17.7 Å². The van der Waals surface area contributed by atoms with E-state index in [4.69, 9.17) is 4.98 Å². The van der Waals surface area contributed by atoms with E-state index in [-0.39, 0.29) is 5.56 Å². The first-order valence-electron chi connectivity index (χ1n) is 13.5. The minimum atomic E-state index is -4.34. The number of aromatic nitrogens is 2. The second-order valence-corrected chi connectivity index (χ2v) is 10.4. The number of hydrogen-bond donors (Lipinski definition) is 1. The Morgan fingerprint density at radius 1 is 0.718 bits per heavy atom. The zero-order valence-electron chi connectivity index (χ0n) is 22.0. The van der Waals surface area contributed by atoms with Crippen molar-refractivity contribution in [1.82, 2.24) is 24.7 Å². The van der Waals surface area contributed by atoms with E-state index >= 15 is 0 Å². The number of aromatic amines is 1. The molecule has 0 spiro atoms. The minimum Gasteiger partial charge on any atom is -0.341 e. The molecule has 208 valence electrons. The van der Waals surface area contributed by atoms with E-state index < -0.39 is 11.7 Å². The molecule has 2 aliphatic rings. The number of anilines is 1. The van der Waals surface area contributed by atoms with Crippen LogP contribution in [0.15, 0.2) is 65.5 Å². The summed E-state index contributed by atoms with van der Waals surface area (Å²) in [5, 5.41) is 0. The molecule has 0 atom stereocenters. The number of hydrogen-bond acceptors (Lipinski definition) is 6. The molecule has 0 unspecified atom stereocenters. The fraction of sp³-hybridized carbons (Fsp3) is 0.448. The minimum absolute atomic E-state index is 0.164. The normalized spacial score (nSPS) is 18.3. The SMILES string of the molecule is O=c1cc(CN2CCN(Cc3ccccc3)CC2)nc(N2CCCN(Cc3cccc(C(F)(F)F)c3)CC2)[nH]1. The summed E-state index contributed by atoms with van der Waals surface area (Å²) in [6.07, 6.45) is -3.51. The van der Waals surface area contributed by atoms with Crippen molar-refractivity contribution < 1.29 is 13.2 Å². The zero-order chi connectivity index (χ0) is 27.2. The predicted molar refractivity (Wildman–Crippen MR) is 145 cm³/mol. The molecule has 0 aliphatic carbocycles. The maximum atomic E-state index is 13.1. The van der Waals surface area contributed by atoms with Crippen molar-refractivity contribution in [3.8, 4) is 0 Å². The summed E-state index contributed by atoms with van der Waals surface area (Å²) in [7, 11) is 0. The molecule has 3 aromatic rings. The Balaban J connectivity index is 1.15. The lowest BCUT2D eigenvalue weighted by atomic mass is 10.1. The van der Waals surface area contributed by atoms with E-state index in [9.17, 15) is 18.0 Å². The Hall–Kier alpha value is -3.21. The second-order valence-electron chi connectivity index (χ2n) is 10.4. The number of nitrogens with one attached hydrogen (secondary N) is 1. The molecule has 10 heteroatoms. The topological polar surface area (TPSA) is 58.7 Å². The van der Waals surface area contributed by atoms with Gasteiger partial charge in [-0.25, -0.2) is 4.98 Å². The smallest absolute Gasteiger partial charge is 0.341 e. The zero-order valence-corrected chi connectivity index (χ0v) is 22.0. The van der Waals surface area contributed by atoms with Crippen molar-refractivity contribution in [2.75, 3.05) is 57.3 Å². The van der Waals surface area contributed by atoms with Gasteiger partial charge in [-0.3, -0.25) is 24.5 Å². The molecule has 0 radical (unpaired) electrons. The number of piperazine rings is 1. The summed E-state index contributed by atoms with van der Waals surface area (Å²) in [6, 6.07) is 17.6. The molecule has 5 rings (SSSR count). The Morgan fingerprint density at radius 3 is 2.10 bits per heavy atom. The molecule has 0 saturated carbocycles. The van der Waals surface area contributed by atoms with Crippen molar-refractivity contribution in [3.63, 3.8) is 0 Å². The maximum Gasteiger partial charge on any atom is 0.416 e. The van der Waals surface area contributed by atoms with Gasteiger partial charge in [-0.2, -0.15) is 13.2 Å². The number of rotatable bonds is 7. The highest BCUT2D eigenvalue weighted by Crippen LogP contribution is 2.30. The number of benzene rings is 2. The van der Waals surface area contributed by atoms with Crippen molar-refractivity contribution >= 4 is 5.95 Å². The lowest BCUT2D eigenvalue weighted by molar-refractivity contribution is -0.137. The lowest BCUT2D eigenvalue weighted by Crippen LogP contribution is -2.45. The van der Waals surface area contributed by atoms with Crippen LogP contribution < -0.4 is 10.5 Å². The summed E-state index contributed by atoms with van der Waals surface area (Å²) in [6.45, 7) is 8.63. The van der Waals surface area contributed by atoms with E-state index in [2.05, 4.69) is 48.8 Å². The van der Waals surface area contributed by atoms with Gasteiger partial charge in [0, 0.05) is 78.1 Å². The molecule has 1 aromatic heterocycles. The van der Waals surface area contributed by atoms with E-state index in [0.717, 1.165) is 64.0 Å². The quantitative estimate of drug-likeness (QED) is 0.492. The van der Waals surface area contributed by atoms with E-state index in [1.54, 1.807) is 12.1 Å². The first-order valence-corrected chi connectivity index (χ1v) is 13.5. The molecule has 0 bridgehead atoms. The summed E-state index contributed by atoms with van der Waals surface area (Å²) >= 11 is 0. The molecule has 3 heterocycles. The molecule has 2 saturated heterocycles. The second kappa shape index (κ2) is 12.3. The first-order chi connectivity index (χ1) is 18.8. The van der Waals surface area contributed by atoms with Crippen molar-refractivity contribution in [2.24, 2.45) is 0 Å². The lowest BCUT2D eigenvalue weighted by Gasteiger charge is -2.34. The number of alkyl halides is 3. The Morgan fingerprint density at radius 2 is 1.36 bits per heavy atom. The maximum absolute atomic E-state index is 13.1. The third kappa shape index (κ3) is 7.68. The van der Waals surface area contributed by atoms with Gasteiger partial charge in [0.2, 0.25) is 5.95 Å². The number of halogens is 3. The van der Waals surface area contributed by atoms with Crippen molar-refractivity contribution in [1.29, 1.82) is 0 Å². The summed E-state index contributed by atoms with van der Waals surface area (Å²) in [5.41, 5.74) is 1.94. The number of nitrogens with zero attached hydrogens (tertiary/aromatic N) is 5. The summed E-state index contributed by atoms with van der Waals surface area (Å²) in [4.78, 5) is 29.2. The van der Waals surface area contributed by atoms with Gasteiger partial charge in [0.1, 0.15) is 0 Å². The molecular weight excluding hydrogens is 505 g/mol. The molecule has 1 N–H and O–H groups in total. The van der Waals surface area contributed by atoms with Gasteiger partial charge in [0.15, 0.2) is 0 Å². The van der Waals surface area contributed by atoms with Crippen LogP contribution in [0.2, 0.25) is 0 Å². The fourth-order valence-electron chi connectivity index (χ4n) is 5.35. The molecule has 7 nitrogen and oxygen atoms in total. The monoisotopic (exact) mass is 540 g/mol. The highest BCUT2D eigenvalue weighted by Gasteiger charge is 2.30. The van der Waals surface area contributed by atoms with Gasteiger partial charge in [-0.1, -0.05) is 48.5 Å². The molecule has 2 aromatic carbocycles. The Kier molecular flexibility index (Phi) is 8.64. The third-order valence-electron chi connectivity index (χ3n) is 7.43. The molecular formula is C29H35F3N6O. The van der Waals surface area contributed by atoms with Crippen LogP contribution in [-0.4, -0.2) is 77.0 Å². The van der Waals surface area contributed by atoms with Crippen LogP contribution in [0.3, 0.4) is 0 Å². The van der Waals surface area contributed by atoms with Gasteiger partial charge >= 0.3 is 6.18 Å². The average Bonchev–Trinajstić information content (AvgIpc) is 3.15. The van der Waals surface area contributed by atoms with Gasteiger partial charge in [-0.15, -0.1) is 0 Å². The van der Waals surface area contributed by atoms with Gasteiger partial charge < -0.3 is 4.90 Å². The van der Waals surface area contributed by atoms with Gasteiger partial charge in [0.25, 0.3) is 5.56 Å². The summed E-state index contributed by atoms with van der Waals surface area (Å²) < 4.78 is 39.3. The van der Waals surface area contributed by atoms with Crippen LogP contribution in [0.25, 0.3) is 0 Å². The van der Waals surface area contributed by atoms with Crippen molar-refractivity contribution in [2.45, 2.75) is 32.2 Å². The van der Waals surface area contributed by atoms with Crippen LogP contribution in [0.5, 0.6) is 0 Å². The molecule has 2 aliphatic heterocycles. The van der Waals surface area contributed by atoms with Crippen LogP contribution in [0.4, 0.5) is 19.1 Å². The molecule has 2 fully saturated rings. The van der Waals surface area contributed by atoms with Crippen LogP contribution in [-0.2, 0) is 25.8 Å². The highest BCUT2D eigenvalue weighted by atomic mass is 19.4. The van der Waals surface area contributed by atoms with Gasteiger partial charge in [0.05, 0.1) is 11.3 Å². The first kappa shape index (κ1) is 27.4. The standard InChI is InChI=1S/C29H35F3N6O/c30-29(31,32)25-9-4-8-24(18-25)21-35-10-5-11-38(17-16-35)28-33-26(19-27(39)34-28)22-37-14-12-36(13-15-37)20-23-6-2-1-3-7-23/h1-4,6-9,18-19H,5,10-17,20-22H2,(H,33,34,39). The Labute approximate surface area is 226 Å². The van der Waals surface area contributed by atoms with E-state index in [1.807, 2.05) is 6.07 Å².